The van der Waals surface area contributed by atoms with E-state index in [4.69, 9.17) is 0 Å². The van der Waals surface area contributed by atoms with Crippen LogP contribution in [0.15, 0.2) is 52.2 Å². The van der Waals surface area contributed by atoms with E-state index in [-0.39, 0.29) is 29.9 Å². The van der Waals surface area contributed by atoms with Gasteiger partial charge in [-0.15, -0.1) is 0 Å². The van der Waals surface area contributed by atoms with Gasteiger partial charge < -0.3 is 14.7 Å². The monoisotopic (exact) mass is 476 g/mol. The topological polar surface area (TPSA) is 101 Å². The van der Waals surface area contributed by atoms with Crippen molar-refractivity contribution in [2.75, 3.05) is 43.0 Å². The zero-order valence-electron chi connectivity index (χ0n) is 19.9. The van der Waals surface area contributed by atoms with Gasteiger partial charge in [-0.2, -0.15) is 0 Å². The third-order valence-electron chi connectivity index (χ3n) is 6.87. The molecule has 1 saturated carbocycles. The quantitative estimate of drug-likeness (QED) is 0.541. The molecule has 1 saturated heterocycles. The lowest BCUT2D eigenvalue weighted by Crippen LogP contribution is -2.50. The van der Waals surface area contributed by atoms with E-state index in [0.717, 1.165) is 17.4 Å². The highest BCUT2D eigenvalue weighted by Crippen LogP contribution is 2.32. The highest BCUT2D eigenvalue weighted by Gasteiger charge is 2.35. The number of aromatic nitrogens is 3. The molecule has 10 nitrogen and oxygen atoms in total. The molecule has 10 heteroatoms. The molecule has 0 bridgehead atoms. The molecule has 0 spiro atoms. The minimum absolute atomic E-state index is 0.177. The SMILES string of the molecule is CN(C(=O)Cn1c(=O)c2c(N3CCN(C(=O)C4CC4)CC3)ccnc2n(C)c1=O)c1ccccc1. The maximum absolute atomic E-state index is 13.6. The van der Waals surface area contributed by atoms with Crippen LogP contribution in [-0.4, -0.2) is 64.1 Å². The van der Waals surface area contributed by atoms with Crippen LogP contribution in [0.1, 0.15) is 12.8 Å². The summed E-state index contributed by atoms with van der Waals surface area (Å²) in [5.74, 6) is 0.0130. The Kier molecular flexibility index (Phi) is 5.88. The molecule has 5 rings (SSSR count). The molecule has 35 heavy (non-hydrogen) atoms. The van der Waals surface area contributed by atoms with Crippen LogP contribution in [0.25, 0.3) is 11.0 Å². The second-order valence-electron chi connectivity index (χ2n) is 9.14. The highest BCUT2D eigenvalue weighted by atomic mass is 16.2. The van der Waals surface area contributed by atoms with Crippen LogP contribution < -0.4 is 21.0 Å². The Bertz CT molecular complexity index is 1400. The Morgan fingerprint density at radius 1 is 1.03 bits per heavy atom. The van der Waals surface area contributed by atoms with Crippen molar-refractivity contribution >= 4 is 34.2 Å². The smallest absolute Gasteiger partial charge is 0.332 e. The first-order chi connectivity index (χ1) is 16.9. The summed E-state index contributed by atoms with van der Waals surface area (Å²) in [6.45, 7) is 1.94. The fraction of sp³-hybridized carbons (Fsp3) is 0.400. The summed E-state index contributed by atoms with van der Waals surface area (Å²) in [5.41, 5.74) is 0.462. The number of carbonyl (C=O) groups is 2. The van der Waals surface area contributed by atoms with Crippen LogP contribution in [0, 0.1) is 5.92 Å². The number of likely N-dealkylation sites (N-methyl/N-ethyl adjacent to an activating group) is 1. The number of piperazine rings is 1. The van der Waals surface area contributed by atoms with Crippen molar-refractivity contribution < 1.29 is 9.59 Å². The average molecular weight is 477 g/mol. The van der Waals surface area contributed by atoms with Gasteiger partial charge in [-0.1, -0.05) is 18.2 Å². The maximum atomic E-state index is 13.6. The number of hydrogen-bond donors (Lipinski definition) is 0. The van der Waals surface area contributed by atoms with Crippen molar-refractivity contribution in [3.63, 3.8) is 0 Å². The Hall–Kier alpha value is -3.95. The van der Waals surface area contributed by atoms with Gasteiger partial charge in [0.05, 0.1) is 5.69 Å². The third-order valence-corrected chi connectivity index (χ3v) is 6.87. The molecule has 2 amide bonds. The number of rotatable bonds is 5. The molecule has 3 aromatic rings. The average Bonchev–Trinajstić information content (AvgIpc) is 3.75. The lowest BCUT2D eigenvalue weighted by atomic mass is 10.2. The standard InChI is InChI=1S/C25H28N6O4/c1-27(18-6-4-3-5-7-18)20(32)16-31-24(34)21-19(10-11-26-22(21)28(2)25(31)35)29-12-14-30(15-13-29)23(33)17-8-9-17/h3-7,10-11,17H,8-9,12-16H2,1-2H3. The number of para-hydroxylation sites is 1. The molecule has 182 valence electrons. The number of amides is 2. The van der Waals surface area contributed by atoms with E-state index >= 15 is 0 Å². The van der Waals surface area contributed by atoms with Crippen molar-refractivity contribution in [2.24, 2.45) is 13.0 Å². The third kappa shape index (κ3) is 4.20. The largest absolute Gasteiger partial charge is 0.367 e. The van der Waals surface area contributed by atoms with Crippen LogP contribution in [0.3, 0.4) is 0 Å². The molecule has 1 aliphatic carbocycles. The van der Waals surface area contributed by atoms with Crippen molar-refractivity contribution in [3.05, 3.63) is 63.4 Å². The number of nitrogens with zero attached hydrogens (tertiary/aromatic N) is 6. The molecule has 1 aromatic carbocycles. The van der Waals surface area contributed by atoms with E-state index in [1.165, 1.54) is 9.47 Å². The van der Waals surface area contributed by atoms with Crippen molar-refractivity contribution in [2.45, 2.75) is 19.4 Å². The van der Waals surface area contributed by atoms with Crippen molar-refractivity contribution in [3.8, 4) is 0 Å². The molecule has 1 aliphatic heterocycles. The van der Waals surface area contributed by atoms with Gasteiger partial charge in [0.15, 0.2) is 5.65 Å². The predicted octanol–water partition coefficient (Wildman–Crippen LogP) is 0.817. The van der Waals surface area contributed by atoms with E-state index in [1.54, 1.807) is 38.5 Å². The second kappa shape index (κ2) is 9.01. The van der Waals surface area contributed by atoms with Crippen LogP contribution in [0.5, 0.6) is 0 Å². The molecular formula is C25H28N6O4. The molecule has 3 heterocycles. The number of anilines is 2. The number of pyridine rings is 1. The molecule has 0 atom stereocenters. The van der Waals surface area contributed by atoms with Crippen LogP contribution in [-0.2, 0) is 23.2 Å². The van der Waals surface area contributed by atoms with Gasteiger partial charge in [-0.05, 0) is 31.0 Å². The summed E-state index contributed by atoms with van der Waals surface area (Å²) in [4.78, 5) is 61.7. The van der Waals surface area contributed by atoms with Crippen LogP contribution in [0.2, 0.25) is 0 Å². The molecule has 0 N–H and O–H groups in total. The Labute approximate surface area is 202 Å². The van der Waals surface area contributed by atoms with Crippen LogP contribution >= 0.6 is 0 Å². The van der Waals surface area contributed by atoms with Gasteiger partial charge in [-0.25, -0.2) is 9.78 Å². The Morgan fingerprint density at radius 2 is 1.71 bits per heavy atom. The van der Waals surface area contributed by atoms with Crippen molar-refractivity contribution in [1.29, 1.82) is 0 Å². The second-order valence-corrected chi connectivity index (χ2v) is 9.14. The first-order valence-electron chi connectivity index (χ1n) is 11.8. The fourth-order valence-corrected chi connectivity index (χ4v) is 4.59. The van der Waals surface area contributed by atoms with Crippen LogP contribution in [0.4, 0.5) is 11.4 Å². The lowest BCUT2D eigenvalue weighted by molar-refractivity contribution is -0.132. The predicted molar refractivity (Wildman–Crippen MR) is 133 cm³/mol. The number of hydrogen-bond acceptors (Lipinski definition) is 6. The molecule has 2 aromatic heterocycles. The van der Waals surface area contributed by atoms with E-state index in [1.807, 2.05) is 23.1 Å². The minimum atomic E-state index is -0.596. The zero-order chi connectivity index (χ0) is 24.7. The van der Waals surface area contributed by atoms with Gasteiger partial charge in [0.1, 0.15) is 11.9 Å². The van der Waals surface area contributed by atoms with E-state index in [2.05, 4.69) is 9.88 Å². The zero-order valence-corrected chi connectivity index (χ0v) is 19.9. The molecule has 2 aliphatic rings. The number of aryl methyl sites for hydroxylation is 1. The number of fused-ring (bicyclic) bond motifs is 1. The maximum Gasteiger partial charge on any atom is 0.332 e. The van der Waals surface area contributed by atoms with Gasteiger partial charge in [0.25, 0.3) is 5.56 Å². The molecule has 0 radical (unpaired) electrons. The number of benzene rings is 1. The number of carbonyl (C=O) groups excluding carboxylic acids is 2. The summed E-state index contributed by atoms with van der Waals surface area (Å²) < 4.78 is 2.28. The first kappa shape index (κ1) is 22.8. The first-order valence-corrected chi connectivity index (χ1v) is 11.8. The summed E-state index contributed by atoms with van der Waals surface area (Å²) in [7, 11) is 3.17. The van der Waals surface area contributed by atoms with E-state index in [9.17, 15) is 19.2 Å². The highest BCUT2D eigenvalue weighted by molar-refractivity contribution is 5.93. The van der Waals surface area contributed by atoms with E-state index < -0.39 is 11.2 Å². The summed E-state index contributed by atoms with van der Waals surface area (Å²) in [6.07, 6.45) is 3.52. The van der Waals surface area contributed by atoms with Gasteiger partial charge in [-0.3, -0.25) is 23.5 Å². The molecule has 2 fully saturated rings. The molecular weight excluding hydrogens is 448 g/mol. The van der Waals surface area contributed by atoms with Gasteiger partial charge in [0, 0.05) is 58.1 Å². The fourth-order valence-electron chi connectivity index (χ4n) is 4.59. The summed E-state index contributed by atoms with van der Waals surface area (Å²) in [5, 5.41) is 0.298. The lowest BCUT2D eigenvalue weighted by Gasteiger charge is -2.36. The Morgan fingerprint density at radius 3 is 2.37 bits per heavy atom. The van der Waals surface area contributed by atoms with Gasteiger partial charge >= 0.3 is 5.69 Å². The van der Waals surface area contributed by atoms with Gasteiger partial charge in [0.2, 0.25) is 11.8 Å². The van der Waals surface area contributed by atoms with E-state index in [0.29, 0.717) is 42.9 Å². The Balaban J connectivity index is 1.47. The molecule has 0 unspecified atom stereocenters. The normalized spacial score (nSPS) is 15.9. The summed E-state index contributed by atoms with van der Waals surface area (Å²) >= 11 is 0. The minimum Gasteiger partial charge on any atom is -0.367 e. The summed E-state index contributed by atoms with van der Waals surface area (Å²) in [6, 6.07) is 10.8. The van der Waals surface area contributed by atoms with Crippen molar-refractivity contribution in [1.82, 2.24) is 19.0 Å².